The van der Waals surface area contributed by atoms with Gasteiger partial charge in [-0.15, -0.1) is 0 Å². The predicted molar refractivity (Wildman–Crippen MR) is 114 cm³/mol. The average molecular weight is 423 g/mol. The maximum atomic E-state index is 13.6. The molecule has 1 saturated carbocycles. The Labute approximate surface area is 178 Å². The highest BCUT2D eigenvalue weighted by Crippen LogP contribution is 2.29. The Morgan fingerprint density at radius 3 is 2.43 bits per heavy atom. The molecule has 1 aliphatic heterocycles. The Morgan fingerprint density at radius 2 is 1.77 bits per heavy atom. The highest BCUT2D eigenvalue weighted by molar-refractivity contribution is 5.73. The molecule has 1 heterocycles. The molecule has 30 heavy (non-hydrogen) atoms. The van der Waals surface area contributed by atoms with Crippen molar-refractivity contribution in [3.63, 3.8) is 0 Å². The zero-order valence-electron chi connectivity index (χ0n) is 18.0. The molecule has 0 spiro atoms. The molecular weight excluding hydrogens is 386 g/mol. The van der Waals surface area contributed by atoms with Gasteiger partial charge in [0.1, 0.15) is 11.6 Å². The summed E-state index contributed by atoms with van der Waals surface area (Å²) in [5.41, 5.74) is 0.426. The van der Waals surface area contributed by atoms with Crippen molar-refractivity contribution >= 4 is 5.91 Å². The highest BCUT2D eigenvalue weighted by atomic mass is 19.1. The van der Waals surface area contributed by atoms with Crippen LogP contribution in [0.4, 0.5) is 8.78 Å². The van der Waals surface area contributed by atoms with Gasteiger partial charge in [0.05, 0.1) is 12.1 Å². The van der Waals surface area contributed by atoms with E-state index in [2.05, 4.69) is 10.6 Å². The summed E-state index contributed by atoms with van der Waals surface area (Å²) >= 11 is 0. The van der Waals surface area contributed by atoms with E-state index in [4.69, 9.17) is 0 Å². The van der Waals surface area contributed by atoms with E-state index >= 15 is 0 Å². The van der Waals surface area contributed by atoms with Gasteiger partial charge in [0.25, 0.3) is 0 Å². The van der Waals surface area contributed by atoms with Crippen molar-refractivity contribution in [3.05, 3.63) is 35.4 Å². The number of carbonyl (C=O) groups excluding carboxylic acids is 1. The summed E-state index contributed by atoms with van der Waals surface area (Å²) < 4.78 is 27.2. The first-order chi connectivity index (χ1) is 14.4. The van der Waals surface area contributed by atoms with E-state index in [0.717, 1.165) is 37.7 Å². The number of benzene rings is 1. The van der Waals surface area contributed by atoms with Crippen LogP contribution in [0.15, 0.2) is 18.2 Å². The number of piperidine rings is 1. The van der Waals surface area contributed by atoms with E-state index in [0.29, 0.717) is 11.6 Å². The summed E-state index contributed by atoms with van der Waals surface area (Å²) in [7, 11) is 0. The molecule has 1 aromatic rings. The van der Waals surface area contributed by atoms with Crippen molar-refractivity contribution < 1.29 is 18.7 Å². The standard InChI is InChI=1S/C24H36F2N2O2/c1-16(29)27-23(14-18-12-19(25)15-20(26)13-18)24(30)22-9-5-8-21(28-22)11-10-17-6-3-2-4-7-17/h12-13,15,17,21-24,28,30H,2-11,14H2,1H3,(H,27,29). The number of nitrogens with one attached hydrogen (secondary N) is 2. The molecule has 0 aromatic heterocycles. The number of carbonyl (C=O) groups is 1. The Morgan fingerprint density at radius 1 is 1.07 bits per heavy atom. The molecule has 6 heteroatoms. The first-order valence-corrected chi connectivity index (χ1v) is 11.6. The molecule has 1 aliphatic carbocycles. The molecule has 4 atom stereocenters. The Bertz CT molecular complexity index is 674. The van der Waals surface area contributed by atoms with E-state index in [1.807, 2.05) is 0 Å². The van der Waals surface area contributed by atoms with E-state index in [-0.39, 0.29) is 18.4 Å². The maximum absolute atomic E-state index is 13.6. The number of hydrogen-bond donors (Lipinski definition) is 3. The van der Waals surface area contributed by atoms with Crippen LogP contribution >= 0.6 is 0 Å². The van der Waals surface area contributed by atoms with Crippen molar-refractivity contribution in [2.24, 2.45) is 5.92 Å². The molecule has 2 aliphatic rings. The fourth-order valence-electron chi connectivity index (χ4n) is 5.24. The molecule has 4 nitrogen and oxygen atoms in total. The second-order valence-electron chi connectivity index (χ2n) is 9.26. The molecule has 1 amide bonds. The molecule has 0 bridgehead atoms. The number of hydrogen-bond acceptors (Lipinski definition) is 3. The monoisotopic (exact) mass is 422 g/mol. The van der Waals surface area contributed by atoms with Gasteiger partial charge < -0.3 is 15.7 Å². The van der Waals surface area contributed by atoms with Crippen LogP contribution in [0.3, 0.4) is 0 Å². The van der Waals surface area contributed by atoms with Crippen LogP contribution in [0.25, 0.3) is 0 Å². The highest BCUT2D eigenvalue weighted by Gasteiger charge is 2.32. The SMILES string of the molecule is CC(=O)NC(Cc1cc(F)cc(F)c1)C(O)C1CCCC(CCC2CCCCC2)N1. The van der Waals surface area contributed by atoms with Gasteiger partial charge in [0, 0.05) is 25.1 Å². The molecular formula is C24H36F2N2O2. The molecule has 0 radical (unpaired) electrons. The molecule has 2 fully saturated rings. The van der Waals surface area contributed by atoms with Gasteiger partial charge in [0.2, 0.25) is 5.91 Å². The predicted octanol–water partition coefficient (Wildman–Crippen LogP) is 4.24. The minimum Gasteiger partial charge on any atom is -0.389 e. The van der Waals surface area contributed by atoms with Gasteiger partial charge in [-0.05, 0) is 55.7 Å². The third kappa shape index (κ3) is 7.02. The summed E-state index contributed by atoms with van der Waals surface area (Å²) in [6, 6.07) is 2.98. The van der Waals surface area contributed by atoms with Gasteiger partial charge in [-0.3, -0.25) is 4.79 Å². The normalized spacial score (nSPS) is 24.9. The number of aliphatic hydroxyl groups excluding tert-OH is 1. The first-order valence-electron chi connectivity index (χ1n) is 11.6. The lowest BCUT2D eigenvalue weighted by atomic mass is 9.83. The first kappa shape index (κ1) is 23.1. The largest absolute Gasteiger partial charge is 0.389 e. The fourth-order valence-corrected chi connectivity index (χ4v) is 5.24. The van der Waals surface area contributed by atoms with Crippen molar-refractivity contribution in [1.29, 1.82) is 0 Å². The minimum atomic E-state index is -0.822. The zero-order valence-corrected chi connectivity index (χ0v) is 18.0. The van der Waals surface area contributed by atoms with E-state index < -0.39 is 23.8 Å². The Hall–Kier alpha value is -1.53. The van der Waals surface area contributed by atoms with E-state index in [1.165, 1.54) is 57.6 Å². The molecule has 3 rings (SSSR count). The van der Waals surface area contributed by atoms with Crippen molar-refractivity contribution in [1.82, 2.24) is 10.6 Å². The summed E-state index contributed by atoms with van der Waals surface area (Å²) in [5.74, 6) is -0.735. The van der Waals surface area contributed by atoms with Gasteiger partial charge in [-0.1, -0.05) is 38.5 Å². The second-order valence-corrected chi connectivity index (χ2v) is 9.26. The third-order valence-electron chi connectivity index (χ3n) is 6.76. The van der Waals surface area contributed by atoms with Gasteiger partial charge in [0.15, 0.2) is 0 Å². The van der Waals surface area contributed by atoms with Gasteiger partial charge >= 0.3 is 0 Å². The van der Waals surface area contributed by atoms with Crippen LogP contribution in [0.2, 0.25) is 0 Å². The smallest absolute Gasteiger partial charge is 0.217 e. The molecule has 3 N–H and O–H groups in total. The van der Waals surface area contributed by atoms with Crippen LogP contribution < -0.4 is 10.6 Å². The van der Waals surface area contributed by atoms with Crippen molar-refractivity contribution in [3.8, 4) is 0 Å². The molecule has 168 valence electrons. The Balaban J connectivity index is 1.59. The minimum absolute atomic E-state index is 0.134. The van der Waals surface area contributed by atoms with Crippen LogP contribution in [0.1, 0.15) is 76.7 Å². The van der Waals surface area contributed by atoms with Crippen LogP contribution in [-0.2, 0) is 11.2 Å². The van der Waals surface area contributed by atoms with Crippen LogP contribution in [0, 0.1) is 17.6 Å². The number of rotatable bonds is 8. The van der Waals surface area contributed by atoms with Crippen molar-refractivity contribution in [2.75, 3.05) is 0 Å². The number of halogens is 2. The summed E-state index contributed by atoms with van der Waals surface area (Å²) in [6.07, 6.45) is 11.4. The number of aliphatic hydroxyl groups is 1. The van der Waals surface area contributed by atoms with E-state index in [1.54, 1.807) is 0 Å². The number of amides is 1. The van der Waals surface area contributed by atoms with Crippen LogP contribution in [-0.4, -0.2) is 35.2 Å². The summed E-state index contributed by atoms with van der Waals surface area (Å²) in [6.45, 7) is 1.40. The van der Waals surface area contributed by atoms with E-state index in [9.17, 15) is 18.7 Å². The molecule has 4 unspecified atom stereocenters. The van der Waals surface area contributed by atoms with Gasteiger partial charge in [-0.25, -0.2) is 8.78 Å². The lowest BCUT2D eigenvalue weighted by Gasteiger charge is -2.38. The zero-order chi connectivity index (χ0) is 21.5. The summed E-state index contributed by atoms with van der Waals surface area (Å²) in [4.78, 5) is 11.7. The maximum Gasteiger partial charge on any atom is 0.217 e. The average Bonchev–Trinajstić information content (AvgIpc) is 2.71. The summed E-state index contributed by atoms with van der Waals surface area (Å²) in [5, 5.41) is 17.4. The third-order valence-corrected chi connectivity index (χ3v) is 6.76. The topological polar surface area (TPSA) is 61.4 Å². The Kier molecular flexibility index (Phi) is 8.63. The second kappa shape index (κ2) is 11.2. The quantitative estimate of drug-likeness (QED) is 0.587. The molecule has 1 saturated heterocycles. The van der Waals surface area contributed by atoms with Crippen LogP contribution in [0.5, 0.6) is 0 Å². The van der Waals surface area contributed by atoms with Crippen molar-refractivity contribution in [2.45, 2.75) is 102 Å². The lowest BCUT2D eigenvalue weighted by molar-refractivity contribution is -0.120. The fraction of sp³-hybridized carbons (Fsp3) is 0.708. The van der Waals surface area contributed by atoms with Gasteiger partial charge in [-0.2, -0.15) is 0 Å². The molecule has 1 aromatic carbocycles. The lowest BCUT2D eigenvalue weighted by Crippen LogP contribution is -2.57.